The van der Waals surface area contributed by atoms with Gasteiger partial charge in [-0.2, -0.15) is 0 Å². The van der Waals surface area contributed by atoms with Crippen molar-refractivity contribution in [2.75, 3.05) is 12.0 Å². The second kappa shape index (κ2) is 6.65. The lowest BCUT2D eigenvalue weighted by atomic mass is 10.2. The number of rotatable bonds is 5. The van der Waals surface area contributed by atoms with Crippen LogP contribution in [0.5, 0.6) is 0 Å². The molecule has 1 atom stereocenters. The van der Waals surface area contributed by atoms with Gasteiger partial charge in [0, 0.05) is 29.6 Å². The molecule has 0 aliphatic carbocycles. The number of amides is 1. The van der Waals surface area contributed by atoms with Gasteiger partial charge in [0.2, 0.25) is 0 Å². The quantitative estimate of drug-likeness (QED) is 0.446. The first kappa shape index (κ1) is 14.7. The fourth-order valence-corrected chi connectivity index (χ4v) is 2.52. The Morgan fingerprint density at radius 1 is 1.55 bits per heavy atom. The Morgan fingerprint density at radius 3 is 3.00 bits per heavy atom. The number of hydrazine groups is 1. The summed E-state index contributed by atoms with van der Waals surface area (Å²) < 4.78 is 0. The number of hydrogen-bond donors (Lipinski definition) is 3. The summed E-state index contributed by atoms with van der Waals surface area (Å²) in [6, 6.07) is 3.03. The highest BCUT2D eigenvalue weighted by Gasteiger charge is 2.12. The molecule has 0 saturated heterocycles. The molecular formula is C12H14ClN5OS. The number of halogens is 1. The van der Waals surface area contributed by atoms with Crippen LogP contribution in [0, 0.1) is 0 Å². The van der Waals surface area contributed by atoms with Gasteiger partial charge in [-0.25, -0.2) is 15.8 Å². The monoisotopic (exact) mass is 311 g/mol. The molecule has 0 bridgehead atoms. The number of anilines is 1. The highest BCUT2D eigenvalue weighted by molar-refractivity contribution is 7.09. The van der Waals surface area contributed by atoms with E-state index in [9.17, 15) is 4.79 Å². The van der Waals surface area contributed by atoms with Crippen molar-refractivity contribution in [3.8, 4) is 0 Å². The van der Waals surface area contributed by atoms with Crippen molar-refractivity contribution >= 4 is 34.7 Å². The maximum absolute atomic E-state index is 12.1. The Bertz CT molecular complexity index is 590. The molecule has 2 aromatic rings. The van der Waals surface area contributed by atoms with Gasteiger partial charge >= 0.3 is 0 Å². The fourth-order valence-electron chi connectivity index (χ4n) is 1.61. The van der Waals surface area contributed by atoms with Crippen molar-refractivity contribution in [3.63, 3.8) is 0 Å². The standard InChI is InChI=1S/C12H14ClN5OS/c1-7(12-15-2-3-20-12)6-16-11(19)8-4-9(13)17-10(5-8)18-14/h2-5,7H,6,14H2,1H3,(H,16,19)(H,17,18). The lowest BCUT2D eigenvalue weighted by Gasteiger charge is -2.11. The van der Waals surface area contributed by atoms with Gasteiger partial charge in [0.1, 0.15) is 11.0 Å². The Balaban J connectivity index is 2.00. The molecule has 0 aliphatic heterocycles. The van der Waals surface area contributed by atoms with Gasteiger partial charge in [-0.15, -0.1) is 11.3 Å². The second-order valence-corrected chi connectivity index (χ2v) is 5.50. The van der Waals surface area contributed by atoms with Gasteiger partial charge in [0.25, 0.3) is 5.91 Å². The molecule has 0 radical (unpaired) electrons. The highest BCUT2D eigenvalue weighted by Crippen LogP contribution is 2.17. The topological polar surface area (TPSA) is 92.9 Å². The van der Waals surface area contributed by atoms with E-state index in [1.54, 1.807) is 17.5 Å². The lowest BCUT2D eigenvalue weighted by Crippen LogP contribution is -2.27. The highest BCUT2D eigenvalue weighted by atomic mass is 35.5. The lowest BCUT2D eigenvalue weighted by molar-refractivity contribution is 0.0951. The zero-order valence-corrected chi connectivity index (χ0v) is 12.3. The smallest absolute Gasteiger partial charge is 0.251 e. The molecule has 106 valence electrons. The number of nitrogens with one attached hydrogen (secondary N) is 2. The number of aromatic nitrogens is 2. The number of pyridine rings is 1. The predicted molar refractivity (Wildman–Crippen MR) is 79.9 cm³/mol. The number of thiazole rings is 1. The summed E-state index contributed by atoms with van der Waals surface area (Å²) in [5.74, 6) is 5.54. The fraction of sp³-hybridized carbons (Fsp3) is 0.250. The largest absolute Gasteiger partial charge is 0.351 e. The molecule has 8 heteroatoms. The van der Waals surface area contributed by atoms with E-state index < -0.39 is 0 Å². The Morgan fingerprint density at radius 2 is 2.35 bits per heavy atom. The Kier molecular flexibility index (Phi) is 4.89. The first-order chi connectivity index (χ1) is 9.60. The minimum Gasteiger partial charge on any atom is -0.351 e. The molecule has 20 heavy (non-hydrogen) atoms. The third-order valence-corrected chi connectivity index (χ3v) is 3.85. The van der Waals surface area contributed by atoms with Gasteiger partial charge in [-0.3, -0.25) is 4.79 Å². The van der Waals surface area contributed by atoms with Crippen LogP contribution in [0.4, 0.5) is 5.82 Å². The third-order valence-electron chi connectivity index (χ3n) is 2.65. The van der Waals surface area contributed by atoms with E-state index in [4.69, 9.17) is 17.4 Å². The summed E-state index contributed by atoms with van der Waals surface area (Å²) in [5, 5.41) is 5.95. The van der Waals surface area contributed by atoms with Crippen molar-refractivity contribution < 1.29 is 4.79 Å². The Hall–Kier alpha value is -1.70. The van der Waals surface area contributed by atoms with Gasteiger partial charge in [-0.1, -0.05) is 18.5 Å². The molecule has 0 aromatic carbocycles. The van der Waals surface area contributed by atoms with Crippen LogP contribution in [0.25, 0.3) is 0 Å². The summed E-state index contributed by atoms with van der Waals surface area (Å²) >= 11 is 7.39. The molecule has 6 nitrogen and oxygen atoms in total. The van der Waals surface area contributed by atoms with Gasteiger partial charge in [0.15, 0.2) is 0 Å². The maximum atomic E-state index is 12.1. The van der Waals surface area contributed by atoms with E-state index in [-0.39, 0.29) is 17.0 Å². The summed E-state index contributed by atoms with van der Waals surface area (Å²) in [7, 11) is 0. The zero-order chi connectivity index (χ0) is 14.5. The normalized spacial score (nSPS) is 11.9. The van der Waals surface area contributed by atoms with Gasteiger partial charge in [-0.05, 0) is 12.1 Å². The number of carbonyl (C=O) groups is 1. The van der Waals surface area contributed by atoms with Crippen LogP contribution in [0.1, 0.15) is 28.2 Å². The van der Waals surface area contributed by atoms with Crippen molar-refractivity contribution in [3.05, 3.63) is 39.4 Å². The maximum Gasteiger partial charge on any atom is 0.251 e. The van der Waals surface area contributed by atoms with Crippen molar-refractivity contribution in [1.29, 1.82) is 0 Å². The molecular weight excluding hydrogens is 298 g/mol. The van der Waals surface area contributed by atoms with Crippen LogP contribution in [0.15, 0.2) is 23.7 Å². The Labute approximate surface area is 125 Å². The van der Waals surface area contributed by atoms with E-state index in [0.717, 1.165) is 5.01 Å². The zero-order valence-electron chi connectivity index (χ0n) is 10.8. The molecule has 0 spiro atoms. The van der Waals surface area contributed by atoms with Gasteiger partial charge in [0.05, 0.1) is 5.01 Å². The van der Waals surface area contributed by atoms with E-state index >= 15 is 0 Å². The molecule has 1 unspecified atom stereocenters. The summed E-state index contributed by atoms with van der Waals surface area (Å²) in [5.41, 5.74) is 2.77. The van der Waals surface area contributed by atoms with E-state index in [2.05, 4.69) is 20.7 Å². The number of nitrogen functional groups attached to an aromatic ring is 1. The van der Waals surface area contributed by atoms with E-state index in [1.807, 2.05) is 12.3 Å². The first-order valence-electron chi connectivity index (χ1n) is 5.92. The molecule has 2 rings (SSSR count). The predicted octanol–water partition coefficient (Wildman–Crippen LogP) is 2.01. The molecule has 1 amide bonds. The number of nitrogens with zero attached hydrogens (tertiary/aromatic N) is 2. The van der Waals surface area contributed by atoms with Crippen LogP contribution in [0.2, 0.25) is 5.15 Å². The van der Waals surface area contributed by atoms with Crippen LogP contribution < -0.4 is 16.6 Å². The summed E-state index contributed by atoms with van der Waals surface area (Å²) in [4.78, 5) is 20.2. The van der Waals surface area contributed by atoms with Crippen LogP contribution in [0.3, 0.4) is 0 Å². The van der Waals surface area contributed by atoms with Crippen LogP contribution >= 0.6 is 22.9 Å². The minimum atomic E-state index is -0.228. The average molecular weight is 312 g/mol. The molecule has 2 heterocycles. The van der Waals surface area contributed by atoms with Crippen molar-refractivity contribution in [2.45, 2.75) is 12.8 Å². The SMILES string of the molecule is CC(CNC(=O)c1cc(Cl)nc(NN)c1)c1nccs1. The summed E-state index contributed by atoms with van der Waals surface area (Å²) in [6.45, 7) is 2.50. The molecule has 2 aromatic heterocycles. The molecule has 0 saturated carbocycles. The van der Waals surface area contributed by atoms with Gasteiger partial charge < -0.3 is 10.7 Å². The van der Waals surface area contributed by atoms with E-state index in [1.165, 1.54) is 12.1 Å². The number of hydrogen-bond acceptors (Lipinski definition) is 6. The van der Waals surface area contributed by atoms with Crippen molar-refractivity contribution in [2.24, 2.45) is 5.84 Å². The van der Waals surface area contributed by atoms with E-state index in [0.29, 0.717) is 17.9 Å². The molecule has 0 aliphatic rings. The van der Waals surface area contributed by atoms with Crippen LogP contribution in [-0.4, -0.2) is 22.4 Å². The molecule has 4 N–H and O–H groups in total. The average Bonchev–Trinajstić information content (AvgIpc) is 2.97. The first-order valence-corrected chi connectivity index (χ1v) is 7.17. The van der Waals surface area contributed by atoms with Crippen LogP contribution in [-0.2, 0) is 0 Å². The minimum absolute atomic E-state index is 0.156. The third kappa shape index (κ3) is 3.66. The second-order valence-electron chi connectivity index (χ2n) is 4.19. The summed E-state index contributed by atoms with van der Waals surface area (Å²) in [6.07, 6.45) is 1.75. The molecule has 0 fully saturated rings. The van der Waals surface area contributed by atoms with Crippen molar-refractivity contribution in [1.82, 2.24) is 15.3 Å². The number of carbonyl (C=O) groups excluding carboxylic acids is 1. The number of nitrogens with two attached hydrogens (primary N) is 1.